The minimum absolute atomic E-state index is 0.319. The Labute approximate surface area is 181 Å². The van der Waals surface area contributed by atoms with Crippen molar-refractivity contribution in [3.63, 3.8) is 0 Å². The molecule has 0 aliphatic rings. The highest BCUT2D eigenvalue weighted by atomic mass is 32.2. The Morgan fingerprint density at radius 3 is 2.55 bits per heavy atom. The number of anilines is 2. The van der Waals surface area contributed by atoms with Gasteiger partial charge in [0.2, 0.25) is 21.1 Å². The van der Waals surface area contributed by atoms with Gasteiger partial charge in [0.1, 0.15) is 6.04 Å². The van der Waals surface area contributed by atoms with Crippen LogP contribution in [0.3, 0.4) is 0 Å². The largest absolute Gasteiger partial charge is 0.299 e. The Hall–Kier alpha value is -1.65. The lowest BCUT2D eigenvalue weighted by atomic mass is 10.1. The van der Waals surface area contributed by atoms with Gasteiger partial charge in [-0.2, -0.15) is 0 Å². The van der Waals surface area contributed by atoms with Gasteiger partial charge in [-0.3, -0.25) is 14.4 Å². The minimum atomic E-state index is -3.68. The molecule has 29 heavy (non-hydrogen) atoms. The number of hydrogen-bond acceptors (Lipinski definition) is 7. The number of nitrogens with one attached hydrogen (secondary N) is 1. The molecule has 0 aliphatic heterocycles. The Balaban J connectivity index is 2.28. The fourth-order valence-corrected chi connectivity index (χ4v) is 5.73. The Kier molecular flexibility index (Phi) is 8.07. The van der Waals surface area contributed by atoms with Gasteiger partial charge < -0.3 is 0 Å². The summed E-state index contributed by atoms with van der Waals surface area (Å²) in [6.45, 7) is 9.76. The minimum Gasteiger partial charge on any atom is -0.299 e. The fraction of sp³-hybridized carbons (Fsp3) is 0.526. The van der Waals surface area contributed by atoms with Gasteiger partial charge >= 0.3 is 0 Å². The van der Waals surface area contributed by atoms with Crippen molar-refractivity contribution in [2.75, 3.05) is 21.6 Å². The zero-order valence-corrected chi connectivity index (χ0v) is 20.0. The molecule has 160 valence electrons. The summed E-state index contributed by atoms with van der Waals surface area (Å²) in [5.41, 5.74) is 2.22. The predicted molar refractivity (Wildman–Crippen MR) is 121 cm³/mol. The first-order chi connectivity index (χ1) is 13.5. The molecule has 1 N–H and O–H groups in total. The van der Waals surface area contributed by atoms with Crippen molar-refractivity contribution in [3.05, 3.63) is 29.3 Å². The molecule has 2 rings (SSSR count). The van der Waals surface area contributed by atoms with E-state index in [0.717, 1.165) is 27.5 Å². The molecule has 1 atom stereocenters. The molecule has 0 fully saturated rings. The second kappa shape index (κ2) is 9.90. The highest BCUT2D eigenvalue weighted by Crippen LogP contribution is 2.30. The van der Waals surface area contributed by atoms with E-state index in [1.165, 1.54) is 15.6 Å². The third-order valence-corrected chi connectivity index (χ3v) is 7.67. The molecule has 1 amide bonds. The Bertz CT molecular complexity index is 957. The number of rotatable bonds is 9. The van der Waals surface area contributed by atoms with Crippen LogP contribution in [0.5, 0.6) is 0 Å². The first-order valence-electron chi connectivity index (χ1n) is 9.36. The Morgan fingerprint density at radius 1 is 1.28 bits per heavy atom. The van der Waals surface area contributed by atoms with Gasteiger partial charge in [-0.1, -0.05) is 56.0 Å². The van der Waals surface area contributed by atoms with Crippen LogP contribution < -0.4 is 9.62 Å². The second-order valence-corrected chi connectivity index (χ2v) is 11.4. The van der Waals surface area contributed by atoms with E-state index in [0.29, 0.717) is 23.2 Å². The Morgan fingerprint density at radius 2 is 1.97 bits per heavy atom. The summed E-state index contributed by atoms with van der Waals surface area (Å²) in [5, 5.41) is 11.2. The van der Waals surface area contributed by atoms with Gasteiger partial charge in [0, 0.05) is 5.75 Å². The highest BCUT2D eigenvalue weighted by molar-refractivity contribution is 8.01. The quantitative estimate of drug-likeness (QED) is 0.451. The van der Waals surface area contributed by atoms with Crippen LogP contribution in [-0.2, 0) is 14.8 Å². The number of benzene rings is 1. The number of carbonyl (C=O) groups excluding carboxylic acids is 1. The molecule has 1 aromatic carbocycles. The van der Waals surface area contributed by atoms with Gasteiger partial charge in [-0.05, 0) is 43.4 Å². The molecule has 0 unspecified atom stereocenters. The monoisotopic (exact) mass is 456 g/mol. The lowest BCUT2D eigenvalue weighted by molar-refractivity contribution is -0.117. The number of aryl methyl sites for hydroxylation is 2. The van der Waals surface area contributed by atoms with Crippen molar-refractivity contribution in [2.45, 2.75) is 51.4 Å². The molecule has 7 nitrogen and oxygen atoms in total. The maximum absolute atomic E-state index is 13.0. The molecule has 0 saturated heterocycles. The third kappa shape index (κ3) is 6.42. The summed E-state index contributed by atoms with van der Waals surface area (Å²) in [5.74, 6) is 1.01. The van der Waals surface area contributed by atoms with E-state index in [9.17, 15) is 13.2 Å². The highest BCUT2D eigenvalue weighted by Gasteiger charge is 2.33. The van der Waals surface area contributed by atoms with Crippen LogP contribution in [0.15, 0.2) is 22.5 Å². The normalized spacial score (nSPS) is 12.8. The number of sulfonamides is 1. The number of amides is 1. The first-order valence-corrected chi connectivity index (χ1v) is 13.0. The molecule has 0 saturated carbocycles. The molecule has 0 aliphatic carbocycles. The van der Waals surface area contributed by atoms with Gasteiger partial charge in [-0.15, -0.1) is 10.2 Å². The molecular formula is C19H28N4O3S3. The number of nitrogens with zero attached hydrogens (tertiary/aromatic N) is 3. The van der Waals surface area contributed by atoms with Crippen LogP contribution in [0.1, 0.15) is 38.3 Å². The number of aromatic nitrogens is 2. The molecule has 10 heteroatoms. The lowest BCUT2D eigenvalue weighted by Gasteiger charge is -2.31. The van der Waals surface area contributed by atoms with Crippen LogP contribution in [0.2, 0.25) is 0 Å². The van der Waals surface area contributed by atoms with Crippen molar-refractivity contribution in [1.82, 2.24) is 10.2 Å². The predicted octanol–water partition coefficient (Wildman–Crippen LogP) is 4.09. The molecule has 0 spiro atoms. The molecule has 2 aromatic rings. The molecule has 1 aromatic heterocycles. The number of thioether (sulfide) groups is 1. The first kappa shape index (κ1) is 23.6. The van der Waals surface area contributed by atoms with Crippen LogP contribution in [0, 0.1) is 19.8 Å². The van der Waals surface area contributed by atoms with E-state index in [4.69, 9.17) is 0 Å². The summed E-state index contributed by atoms with van der Waals surface area (Å²) in [6.07, 6.45) is 1.44. The zero-order valence-electron chi connectivity index (χ0n) is 17.6. The number of carbonyl (C=O) groups is 1. The maximum atomic E-state index is 13.0. The van der Waals surface area contributed by atoms with Gasteiger partial charge in [0.25, 0.3) is 0 Å². The molecular weight excluding hydrogens is 428 g/mol. The SMILES string of the molecule is CC[C@H](C(=O)Nc1nnc(SCC(C)C)s1)N(c1cc(C)ccc1C)S(C)(=O)=O. The molecule has 0 bridgehead atoms. The fourth-order valence-electron chi connectivity index (χ4n) is 2.74. The molecule has 0 radical (unpaired) electrons. The van der Waals surface area contributed by atoms with E-state index >= 15 is 0 Å². The summed E-state index contributed by atoms with van der Waals surface area (Å²) < 4.78 is 27.2. The average Bonchev–Trinajstić information content (AvgIpc) is 3.06. The van der Waals surface area contributed by atoms with Crippen molar-refractivity contribution < 1.29 is 13.2 Å². The summed E-state index contributed by atoms with van der Waals surface area (Å²) in [4.78, 5) is 13.0. The van der Waals surface area contributed by atoms with E-state index in [2.05, 4.69) is 29.4 Å². The van der Waals surface area contributed by atoms with E-state index in [-0.39, 0.29) is 0 Å². The van der Waals surface area contributed by atoms with Crippen LogP contribution in [0.4, 0.5) is 10.8 Å². The van der Waals surface area contributed by atoms with Gasteiger partial charge in [-0.25, -0.2) is 8.42 Å². The lowest BCUT2D eigenvalue weighted by Crippen LogP contribution is -2.47. The second-order valence-electron chi connectivity index (χ2n) is 7.34. The van der Waals surface area contributed by atoms with E-state index in [1.807, 2.05) is 26.0 Å². The maximum Gasteiger partial charge on any atom is 0.250 e. The number of hydrogen-bond donors (Lipinski definition) is 1. The van der Waals surface area contributed by atoms with E-state index < -0.39 is 22.0 Å². The van der Waals surface area contributed by atoms with Crippen molar-refractivity contribution in [3.8, 4) is 0 Å². The van der Waals surface area contributed by atoms with E-state index in [1.54, 1.807) is 24.8 Å². The van der Waals surface area contributed by atoms with Crippen molar-refractivity contribution in [2.24, 2.45) is 5.92 Å². The summed E-state index contributed by atoms with van der Waals surface area (Å²) >= 11 is 2.88. The average molecular weight is 457 g/mol. The smallest absolute Gasteiger partial charge is 0.250 e. The third-order valence-electron chi connectivity index (χ3n) is 4.11. The van der Waals surface area contributed by atoms with Crippen molar-refractivity contribution in [1.29, 1.82) is 0 Å². The van der Waals surface area contributed by atoms with Crippen LogP contribution in [0.25, 0.3) is 0 Å². The summed E-state index contributed by atoms with van der Waals surface area (Å²) in [7, 11) is -3.68. The van der Waals surface area contributed by atoms with Gasteiger partial charge in [0.15, 0.2) is 4.34 Å². The standard InChI is InChI=1S/C19H28N4O3S3/c1-7-15(17(24)20-18-21-22-19(28-18)27-11-12(2)3)23(29(6,25)26)16-10-13(4)8-9-14(16)5/h8-10,12,15H,7,11H2,1-6H3,(H,20,21,24)/t15-/m1/s1. The van der Waals surface area contributed by atoms with Gasteiger partial charge in [0.05, 0.1) is 11.9 Å². The molecule has 1 heterocycles. The van der Waals surface area contributed by atoms with Crippen LogP contribution in [-0.4, -0.2) is 42.6 Å². The van der Waals surface area contributed by atoms with Crippen molar-refractivity contribution >= 4 is 49.8 Å². The topological polar surface area (TPSA) is 92.3 Å². The summed E-state index contributed by atoms with van der Waals surface area (Å²) in [6, 6.07) is 4.67. The zero-order chi connectivity index (χ0) is 21.8. The van der Waals surface area contributed by atoms with Crippen LogP contribution >= 0.6 is 23.1 Å².